The third-order valence-corrected chi connectivity index (χ3v) is 6.64. The Morgan fingerprint density at radius 2 is 1.67 bits per heavy atom. The van der Waals surface area contributed by atoms with Crippen LogP contribution in [0.3, 0.4) is 0 Å². The van der Waals surface area contributed by atoms with Crippen molar-refractivity contribution in [3.05, 3.63) is 23.8 Å². The average Bonchev–Trinajstić information content (AvgIpc) is 2.69. The van der Waals surface area contributed by atoms with E-state index in [0.29, 0.717) is 5.41 Å². The second-order valence-electron chi connectivity index (χ2n) is 9.96. The minimum atomic E-state index is -0.395. The summed E-state index contributed by atoms with van der Waals surface area (Å²) in [5.41, 5.74) is 2.04. The first-order valence-corrected chi connectivity index (χ1v) is 10.3. The Morgan fingerprint density at radius 1 is 1.00 bits per heavy atom. The fourth-order valence-electron chi connectivity index (χ4n) is 3.93. The lowest BCUT2D eigenvalue weighted by Crippen LogP contribution is -2.41. The number of likely N-dealkylation sites (tertiary alicyclic amines) is 1. The van der Waals surface area contributed by atoms with Crippen LogP contribution in [0.1, 0.15) is 66.4 Å². The van der Waals surface area contributed by atoms with Crippen molar-refractivity contribution in [2.75, 3.05) is 20.2 Å². The molecule has 0 aromatic heterocycles. The summed E-state index contributed by atoms with van der Waals surface area (Å²) in [4.78, 5) is 2.57. The van der Waals surface area contributed by atoms with Crippen LogP contribution in [0.5, 0.6) is 5.75 Å². The zero-order valence-corrected chi connectivity index (χ0v) is 18.2. The van der Waals surface area contributed by atoms with Gasteiger partial charge in [-0.1, -0.05) is 26.0 Å². The molecule has 5 heteroatoms. The van der Waals surface area contributed by atoms with Crippen LogP contribution in [-0.4, -0.2) is 43.4 Å². The molecule has 150 valence electrons. The maximum absolute atomic E-state index is 6.27. The van der Waals surface area contributed by atoms with E-state index in [4.69, 9.17) is 14.0 Å². The van der Waals surface area contributed by atoms with Crippen molar-refractivity contribution in [3.63, 3.8) is 0 Å². The minimum Gasteiger partial charge on any atom is -0.497 e. The summed E-state index contributed by atoms with van der Waals surface area (Å²) in [7, 11) is 1.31. The zero-order chi connectivity index (χ0) is 19.9. The van der Waals surface area contributed by atoms with Crippen LogP contribution in [0.2, 0.25) is 0 Å². The molecule has 3 rings (SSSR count). The highest BCUT2D eigenvalue weighted by Gasteiger charge is 2.52. The molecule has 1 aromatic rings. The molecule has 2 saturated heterocycles. The van der Waals surface area contributed by atoms with Gasteiger partial charge in [0.25, 0.3) is 0 Å². The van der Waals surface area contributed by atoms with E-state index in [9.17, 15) is 0 Å². The molecule has 1 aromatic carbocycles. The van der Waals surface area contributed by atoms with Crippen LogP contribution >= 0.6 is 0 Å². The molecule has 27 heavy (non-hydrogen) atoms. The second kappa shape index (κ2) is 7.42. The number of hydrogen-bond donors (Lipinski definition) is 0. The molecule has 0 bridgehead atoms. The molecule has 0 amide bonds. The molecule has 2 aliphatic rings. The van der Waals surface area contributed by atoms with Gasteiger partial charge in [-0.2, -0.15) is 0 Å². The number of methoxy groups -OCH3 is 1. The number of ether oxygens (including phenoxy) is 1. The third kappa shape index (κ3) is 4.52. The van der Waals surface area contributed by atoms with E-state index in [-0.39, 0.29) is 11.2 Å². The van der Waals surface area contributed by atoms with Crippen LogP contribution in [0.15, 0.2) is 18.2 Å². The van der Waals surface area contributed by atoms with Gasteiger partial charge >= 0.3 is 7.12 Å². The highest BCUT2D eigenvalue weighted by atomic mass is 16.7. The van der Waals surface area contributed by atoms with Crippen LogP contribution in [0.25, 0.3) is 0 Å². The van der Waals surface area contributed by atoms with Gasteiger partial charge < -0.3 is 14.0 Å². The molecule has 4 nitrogen and oxygen atoms in total. The summed E-state index contributed by atoms with van der Waals surface area (Å²) in [5.74, 6) is 0.828. The SMILES string of the molecule is COc1ccc(CN2CCCC(C)(C)CC2)cc1B1OC(C)(C)C(C)(C)O1. The van der Waals surface area contributed by atoms with Crippen molar-refractivity contribution in [2.24, 2.45) is 5.41 Å². The van der Waals surface area contributed by atoms with E-state index >= 15 is 0 Å². The number of nitrogens with zero attached hydrogens (tertiary/aromatic N) is 1. The second-order valence-corrected chi connectivity index (χ2v) is 9.96. The summed E-state index contributed by atoms with van der Waals surface area (Å²) in [6.07, 6.45) is 3.84. The summed E-state index contributed by atoms with van der Waals surface area (Å²) in [6.45, 7) is 16.4. The molecule has 2 aliphatic heterocycles. The molecule has 0 radical (unpaired) electrons. The summed E-state index contributed by atoms with van der Waals surface area (Å²) >= 11 is 0. The van der Waals surface area contributed by atoms with Crippen molar-refractivity contribution in [3.8, 4) is 5.75 Å². The van der Waals surface area contributed by atoms with Crippen LogP contribution in [0.4, 0.5) is 0 Å². The largest absolute Gasteiger partial charge is 0.498 e. The molecule has 0 N–H and O–H groups in total. The molecular formula is C22H36BNO3. The van der Waals surface area contributed by atoms with Gasteiger partial charge in [0.05, 0.1) is 18.3 Å². The predicted octanol–water partition coefficient (Wildman–Crippen LogP) is 4.01. The molecule has 2 heterocycles. The van der Waals surface area contributed by atoms with Crippen molar-refractivity contribution < 1.29 is 14.0 Å². The normalized spacial score (nSPS) is 24.6. The van der Waals surface area contributed by atoms with Crippen LogP contribution in [0, 0.1) is 5.41 Å². The lowest BCUT2D eigenvalue weighted by atomic mass is 9.77. The van der Waals surface area contributed by atoms with Gasteiger partial charge in [0.15, 0.2) is 0 Å². The molecule has 2 fully saturated rings. The summed E-state index contributed by atoms with van der Waals surface area (Å²) < 4.78 is 18.2. The van der Waals surface area contributed by atoms with E-state index in [1.165, 1.54) is 31.4 Å². The molecule has 0 spiro atoms. The first-order valence-electron chi connectivity index (χ1n) is 10.3. The predicted molar refractivity (Wildman–Crippen MR) is 112 cm³/mol. The van der Waals surface area contributed by atoms with E-state index in [1.807, 2.05) is 0 Å². The standard InChI is InChI=1S/C22H36BNO3/c1-20(2)11-8-13-24(14-12-20)16-17-9-10-19(25-7)18(15-17)23-26-21(3,4)22(5,6)27-23/h9-10,15H,8,11-14,16H2,1-7H3. The highest BCUT2D eigenvalue weighted by molar-refractivity contribution is 6.63. The molecule has 0 unspecified atom stereocenters. The monoisotopic (exact) mass is 373 g/mol. The van der Waals surface area contributed by atoms with Crippen molar-refractivity contribution >= 4 is 12.6 Å². The Bertz CT molecular complexity index is 656. The van der Waals surface area contributed by atoms with Crippen LogP contribution < -0.4 is 10.2 Å². The number of benzene rings is 1. The maximum Gasteiger partial charge on any atom is 0.498 e. The maximum atomic E-state index is 6.27. The Kier molecular flexibility index (Phi) is 5.68. The van der Waals surface area contributed by atoms with Gasteiger partial charge in [-0.25, -0.2) is 0 Å². The number of hydrogen-bond acceptors (Lipinski definition) is 4. The van der Waals surface area contributed by atoms with E-state index < -0.39 is 7.12 Å². The van der Waals surface area contributed by atoms with Crippen LogP contribution in [-0.2, 0) is 15.9 Å². The molecular weight excluding hydrogens is 337 g/mol. The number of rotatable bonds is 4. The van der Waals surface area contributed by atoms with Gasteiger partial charge in [0.1, 0.15) is 5.75 Å². The van der Waals surface area contributed by atoms with Crippen molar-refractivity contribution in [2.45, 2.75) is 78.6 Å². The lowest BCUT2D eigenvalue weighted by Gasteiger charge is -2.32. The Balaban J connectivity index is 1.78. The van der Waals surface area contributed by atoms with Gasteiger partial charge in [0, 0.05) is 12.0 Å². The Morgan fingerprint density at radius 3 is 2.30 bits per heavy atom. The average molecular weight is 373 g/mol. The topological polar surface area (TPSA) is 30.9 Å². The van der Waals surface area contributed by atoms with Crippen molar-refractivity contribution in [1.82, 2.24) is 4.90 Å². The van der Waals surface area contributed by atoms with Crippen molar-refractivity contribution in [1.29, 1.82) is 0 Å². The molecule has 0 atom stereocenters. The van der Waals surface area contributed by atoms with E-state index in [0.717, 1.165) is 24.3 Å². The highest BCUT2D eigenvalue weighted by Crippen LogP contribution is 2.37. The smallest absolute Gasteiger partial charge is 0.497 e. The zero-order valence-electron chi connectivity index (χ0n) is 18.2. The fourth-order valence-corrected chi connectivity index (χ4v) is 3.93. The third-order valence-electron chi connectivity index (χ3n) is 6.64. The fraction of sp³-hybridized carbons (Fsp3) is 0.727. The summed E-state index contributed by atoms with van der Waals surface area (Å²) in [6, 6.07) is 6.43. The van der Waals surface area contributed by atoms with E-state index in [1.54, 1.807) is 7.11 Å². The Labute approximate surface area is 165 Å². The first kappa shape index (κ1) is 20.7. The quantitative estimate of drug-likeness (QED) is 0.747. The van der Waals surface area contributed by atoms with Gasteiger partial charge in [0.2, 0.25) is 0 Å². The first-order chi connectivity index (χ1) is 12.5. The molecule has 0 saturated carbocycles. The van der Waals surface area contributed by atoms with Gasteiger partial charge in [-0.05, 0) is 77.1 Å². The minimum absolute atomic E-state index is 0.352. The molecule has 0 aliphatic carbocycles. The lowest BCUT2D eigenvalue weighted by molar-refractivity contribution is 0.00578. The Hall–Kier alpha value is -1.04. The van der Waals surface area contributed by atoms with Gasteiger partial charge in [-0.15, -0.1) is 0 Å². The van der Waals surface area contributed by atoms with Gasteiger partial charge in [-0.3, -0.25) is 4.90 Å². The van der Waals surface area contributed by atoms with E-state index in [2.05, 4.69) is 64.6 Å². The summed E-state index contributed by atoms with van der Waals surface area (Å²) in [5, 5.41) is 0.